The van der Waals surface area contributed by atoms with Crippen LogP contribution in [0.3, 0.4) is 0 Å². The Morgan fingerprint density at radius 2 is 2.14 bits per heavy atom. The molecular formula is C25H32ClN7O2. The third-order valence-electron chi connectivity index (χ3n) is 7.08. The molecule has 0 saturated carbocycles. The number of ether oxygens (including phenoxy) is 1. The summed E-state index contributed by atoms with van der Waals surface area (Å²) in [4.78, 5) is 20.1. The number of nitrogens with two attached hydrogens (primary N) is 1. The molecule has 3 aromatic heterocycles. The van der Waals surface area contributed by atoms with Crippen molar-refractivity contribution in [1.29, 1.82) is 0 Å². The standard InChI is InChI=1S/C25H32ClN7O2/c1-3-32-12-19(26)18-10-22(30-31-24(18)32)25(34)28-17-6-7-21-15(9-17)5-8-23(29-21)33-11-16(14-35-4-2)20(27)13-33/h5,8,10,12,16-17,20H,3-4,6-7,9,11,13-14,27H2,1-2H3,(H,28,34). The monoisotopic (exact) mass is 497 g/mol. The minimum atomic E-state index is -0.232. The Kier molecular flexibility index (Phi) is 6.91. The van der Waals surface area contributed by atoms with E-state index in [2.05, 4.69) is 32.5 Å². The van der Waals surface area contributed by atoms with Crippen molar-refractivity contribution >= 4 is 34.4 Å². The number of nitrogens with zero attached hydrogens (tertiary/aromatic N) is 5. The number of pyridine rings is 1. The fraction of sp³-hybridized carbons (Fsp3) is 0.520. The van der Waals surface area contributed by atoms with Crippen molar-refractivity contribution < 1.29 is 9.53 Å². The van der Waals surface area contributed by atoms with E-state index < -0.39 is 0 Å². The number of aromatic nitrogens is 4. The summed E-state index contributed by atoms with van der Waals surface area (Å²) < 4.78 is 7.51. The van der Waals surface area contributed by atoms with E-state index in [-0.39, 0.29) is 23.7 Å². The van der Waals surface area contributed by atoms with Gasteiger partial charge in [-0.15, -0.1) is 10.2 Å². The van der Waals surface area contributed by atoms with E-state index in [4.69, 9.17) is 27.1 Å². The SMILES string of the molecule is CCOCC1CN(c2ccc3c(n2)CCC(NC(=O)c2cc4c(Cl)cn(CC)c4nn2)C3)CC1N. The van der Waals surface area contributed by atoms with Gasteiger partial charge in [-0.05, 0) is 50.8 Å². The number of rotatable bonds is 7. The van der Waals surface area contributed by atoms with Crippen molar-refractivity contribution in [3.63, 3.8) is 0 Å². The molecule has 3 aromatic rings. The number of fused-ring (bicyclic) bond motifs is 2. The van der Waals surface area contributed by atoms with Crippen LogP contribution in [0.1, 0.15) is 42.0 Å². The molecule has 0 radical (unpaired) electrons. The molecule has 0 bridgehead atoms. The van der Waals surface area contributed by atoms with Gasteiger partial charge in [-0.3, -0.25) is 4.79 Å². The number of carbonyl (C=O) groups is 1. The van der Waals surface area contributed by atoms with Crippen LogP contribution in [0.2, 0.25) is 5.02 Å². The van der Waals surface area contributed by atoms with Crippen LogP contribution >= 0.6 is 11.6 Å². The van der Waals surface area contributed by atoms with Crippen molar-refractivity contribution in [2.75, 3.05) is 31.2 Å². The molecule has 1 aliphatic carbocycles. The van der Waals surface area contributed by atoms with E-state index >= 15 is 0 Å². The molecule has 10 heteroatoms. The largest absolute Gasteiger partial charge is 0.381 e. The molecule has 3 N–H and O–H groups in total. The van der Waals surface area contributed by atoms with E-state index in [1.54, 1.807) is 6.07 Å². The molecule has 1 aliphatic heterocycles. The molecule has 3 atom stereocenters. The number of hydrogen-bond donors (Lipinski definition) is 2. The van der Waals surface area contributed by atoms with Gasteiger partial charge in [0.25, 0.3) is 5.91 Å². The van der Waals surface area contributed by atoms with Gasteiger partial charge in [0.1, 0.15) is 5.82 Å². The zero-order chi connectivity index (χ0) is 24.5. The molecule has 0 aromatic carbocycles. The molecule has 3 unspecified atom stereocenters. The predicted octanol–water partition coefficient (Wildman–Crippen LogP) is 2.59. The Morgan fingerprint density at radius 1 is 1.29 bits per heavy atom. The number of halogens is 1. The highest BCUT2D eigenvalue weighted by Crippen LogP contribution is 2.27. The smallest absolute Gasteiger partial charge is 0.272 e. The molecule has 1 saturated heterocycles. The normalized spacial score (nSPS) is 21.9. The van der Waals surface area contributed by atoms with E-state index in [1.165, 1.54) is 5.56 Å². The highest BCUT2D eigenvalue weighted by molar-refractivity contribution is 6.35. The van der Waals surface area contributed by atoms with Gasteiger partial charge in [0, 0.05) is 61.5 Å². The fourth-order valence-electron chi connectivity index (χ4n) is 5.08. The van der Waals surface area contributed by atoms with Crippen molar-refractivity contribution in [1.82, 2.24) is 25.1 Å². The van der Waals surface area contributed by atoms with Crippen LogP contribution in [0.15, 0.2) is 24.4 Å². The lowest BCUT2D eigenvalue weighted by atomic mass is 9.91. The van der Waals surface area contributed by atoms with Crippen LogP contribution in [-0.4, -0.2) is 64.0 Å². The Bertz CT molecular complexity index is 1230. The molecule has 1 amide bonds. The van der Waals surface area contributed by atoms with Gasteiger partial charge in [0.15, 0.2) is 11.3 Å². The lowest BCUT2D eigenvalue weighted by Crippen LogP contribution is -2.39. The first kappa shape index (κ1) is 24.0. The molecule has 186 valence electrons. The lowest BCUT2D eigenvalue weighted by molar-refractivity contribution is 0.0927. The first-order valence-electron chi connectivity index (χ1n) is 12.4. The van der Waals surface area contributed by atoms with Gasteiger partial charge in [0.2, 0.25) is 0 Å². The summed E-state index contributed by atoms with van der Waals surface area (Å²) in [6.07, 6.45) is 4.19. The lowest BCUT2D eigenvalue weighted by Gasteiger charge is -2.26. The summed E-state index contributed by atoms with van der Waals surface area (Å²) in [6.45, 7) is 7.80. The Labute approximate surface area is 210 Å². The molecular weight excluding hydrogens is 466 g/mol. The summed E-state index contributed by atoms with van der Waals surface area (Å²) in [5.74, 6) is 1.06. The summed E-state index contributed by atoms with van der Waals surface area (Å²) in [5.41, 5.74) is 9.57. The minimum absolute atomic E-state index is 0.0200. The third kappa shape index (κ3) is 4.85. The number of anilines is 1. The van der Waals surface area contributed by atoms with Gasteiger partial charge >= 0.3 is 0 Å². The fourth-order valence-corrected chi connectivity index (χ4v) is 5.34. The van der Waals surface area contributed by atoms with E-state index in [0.29, 0.717) is 29.8 Å². The van der Waals surface area contributed by atoms with Crippen LogP contribution < -0.4 is 16.0 Å². The zero-order valence-corrected chi connectivity index (χ0v) is 21.0. The van der Waals surface area contributed by atoms with Crippen LogP contribution in [0.25, 0.3) is 11.0 Å². The minimum Gasteiger partial charge on any atom is -0.381 e. The van der Waals surface area contributed by atoms with Gasteiger partial charge in [-0.2, -0.15) is 0 Å². The van der Waals surface area contributed by atoms with Gasteiger partial charge in [-0.1, -0.05) is 17.7 Å². The maximum Gasteiger partial charge on any atom is 0.272 e. The first-order valence-corrected chi connectivity index (χ1v) is 12.7. The summed E-state index contributed by atoms with van der Waals surface area (Å²) in [6, 6.07) is 6.04. The topological polar surface area (TPSA) is 111 Å². The molecule has 35 heavy (non-hydrogen) atoms. The zero-order valence-electron chi connectivity index (χ0n) is 20.2. The number of hydrogen-bond acceptors (Lipinski definition) is 7. The quantitative estimate of drug-likeness (QED) is 0.516. The second-order valence-corrected chi connectivity index (χ2v) is 9.81. The summed E-state index contributed by atoms with van der Waals surface area (Å²) >= 11 is 6.34. The summed E-state index contributed by atoms with van der Waals surface area (Å²) in [5, 5.41) is 12.8. The maximum absolute atomic E-state index is 12.9. The van der Waals surface area contributed by atoms with Crippen LogP contribution in [0, 0.1) is 5.92 Å². The van der Waals surface area contributed by atoms with Crippen LogP contribution in [-0.2, 0) is 24.1 Å². The van der Waals surface area contributed by atoms with Crippen molar-refractivity contribution in [2.45, 2.75) is 51.7 Å². The van der Waals surface area contributed by atoms with Gasteiger partial charge in [-0.25, -0.2) is 4.98 Å². The van der Waals surface area contributed by atoms with Crippen molar-refractivity contribution in [2.24, 2.45) is 11.7 Å². The maximum atomic E-state index is 12.9. The Hall–Kier alpha value is -2.75. The predicted molar refractivity (Wildman–Crippen MR) is 136 cm³/mol. The van der Waals surface area contributed by atoms with Gasteiger partial charge in [0.05, 0.1) is 11.6 Å². The second-order valence-electron chi connectivity index (χ2n) is 9.41. The molecule has 9 nitrogen and oxygen atoms in total. The van der Waals surface area contributed by atoms with Crippen molar-refractivity contribution in [3.05, 3.63) is 46.4 Å². The van der Waals surface area contributed by atoms with Crippen LogP contribution in [0.4, 0.5) is 5.82 Å². The highest BCUT2D eigenvalue weighted by atomic mass is 35.5. The van der Waals surface area contributed by atoms with E-state index in [0.717, 1.165) is 55.8 Å². The van der Waals surface area contributed by atoms with Gasteiger partial charge < -0.3 is 25.3 Å². The number of amides is 1. The van der Waals surface area contributed by atoms with E-state index in [1.807, 2.05) is 24.6 Å². The second kappa shape index (κ2) is 10.1. The molecule has 1 fully saturated rings. The molecule has 0 spiro atoms. The average Bonchev–Trinajstić information content (AvgIpc) is 3.41. The molecule has 2 aliphatic rings. The number of aryl methyl sites for hydroxylation is 2. The van der Waals surface area contributed by atoms with Crippen LogP contribution in [0.5, 0.6) is 0 Å². The molecule has 4 heterocycles. The Morgan fingerprint density at radius 3 is 2.94 bits per heavy atom. The first-order chi connectivity index (χ1) is 17.0. The highest BCUT2D eigenvalue weighted by Gasteiger charge is 2.32. The van der Waals surface area contributed by atoms with Crippen molar-refractivity contribution in [3.8, 4) is 0 Å². The third-order valence-corrected chi connectivity index (χ3v) is 7.38. The summed E-state index contributed by atoms with van der Waals surface area (Å²) in [7, 11) is 0. The number of nitrogens with one attached hydrogen (secondary N) is 1. The van der Waals surface area contributed by atoms with E-state index in [9.17, 15) is 4.79 Å². The number of carbonyl (C=O) groups excluding carboxylic acids is 1. The average molecular weight is 498 g/mol. The molecule has 5 rings (SSSR count). The Balaban J connectivity index is 1.23.